The maximum absolute atomic E-state index is 11.7. The van der Waals surface area contributed by atoms with E-state index in [2.05, 4.69) is 20.6 Å². The van der Waals surface area contributed by atoms with E-state index in [1.807, 2.05) is 17.5 Å². The van der Waals surface area contributed by atoms with Crippen molar-refractivity contribution in [2.45, 2.75) is 6.54 Å². The molecule has 0 spiro atoms. The van der Waals surface area contributed by atoms with Crippen LogP contribution in [0.3, 0.4) is 0 Å². The standard InChI is InChI=1S/C11H9N5OS2/c17-11(9-6-18-7-13-9)12-4-8-5-16(15-14-8)10-2-1-3-19-10/h1-3,5-7H,4H2,(H,12,17). The fraction of sp³-hybridized carbons (Fsp3) is 0.0909. The molecule has 6 nitrogen and oxygen atoms in total. The maximum atomic E-state index is 11.7. The van der Waals surface area contributed by atoms with Crippen LogP contribution in [0.25, 0.3) is 5.00 Å². The first kappa shape index (κ1) is 12.0. The molecule has 0 aromatic carbocycles. The second-order valence-corrected chi connectivity index (χ2v) is 5.31. The number of hydrogen-bond acceptors (Lipinski definition) is 6. The van der Waals surface area contributed by atoms with Gasteiger partial charge in [0.1, 0.15) is 16.4 Å². The van der Waals surface area contributed by atoms with Gasteiger partial charge in [0, 0.05) is 5.38 Å². The van der Waals surface area contributed by atoms with Crippen molar-refractivity contribution >= 4 is 28.6 Å². The van der Waals surface area contributed by atoms with Crippen molar-refractivity contribution < 1.29 is 4.79 Å². The number of rotatable bonds is 4. The van der Waals surface area contributed by atoms with E-state index in [0.29, 0.717) is 17.9 Å². The summed E-state index contributed by atoms with van der Waals surface area (Å²) in [4.78, 5) is 15.6. The summed E-state index contributed by atoms with van der Waals surface area (Å²) in [7, 11) is 0. The number of nitrogens with one attached hydrogen (secondary N) is 1. The van der Waals surface area contributed by atoms with E-state index >= 15 is 0 Å². The van der Waals surface area contributed by atoms with Crippen molar-refractivity contribution in [1.82, 2.24) is 25.3 Å². The molecule has 0 aliphatic carbocycles. The fourth-order valence-electron chi connectivity index (χ4n) is 1.47. The molecule has 1 amide bonds. The van der Waals surface area contributed by atoms with Crippen LogP contribution in [0.1, 0.15) is 16.2 Å². The van der Waals surface area contributed by atoms with E-state index < -0.39 is 0 Å². The molecule has 3 rings (SSSR count). The van der Waals surface area contributed by atoms with Gasteiger partial charge in [0.25, 0.3) is 5.91 Å². The molecule has 0 aliphatic rings. The van der Waals surface area contributed by atoms with Gasteiger partial charge in [-0.1, -0.05) is 5.21 Å². The first-order valence-electron chi connectivity index (χ1n) is 5.44. The molecular formula is C11H9N5OS2. The second kappa shape index (κ2) is 5.29. The van der Waals surface area contributed by atoms with E-state index in [1.54, 1.807) is 33.1 Å². The quantitative estimate of drug-likeness (QED) is 0.794. The Morgan fingerprint density at radius 3 is 3.16 bits per heavy atom. The third-order valence-corrected chi connectivity index (χ3v) is 3.81. The fourth-order valence-corrected chi connectivity index (χ4v) is 2.66. The number of thiazole rings is 1. The van der Waals surface area contributed by atoms with Crippen LogP contribution < -0.4 is 5.32 Å². The molecule has 1 N–H and O–H groups in total. The molecule has 0 aliphatic heterocycles. The highest BCUT2D eigenvalue weighted by Crippen LogP contribution is 2.13. The molecule has 0 radical (unpaired) electrons. The number of hydrogen-bond donors (Lipinski definition) is 1. The molecule has 3 aromatic rings. The number of aromatic nitrogens is 4. The Bertz CT molecular complexity index is 659. The summed E-state index contributed by atoms with van der Waals surface area (Å²) >= 11 is 2.97. The van der Waals surface area contributed by atoms with Crippen molar-refractivity contribution in [3.63, 3.8) is 0 Å². The zero-order valence-corrected chi connectivity index (χ0v) is 11.3. The summed E-state index contributed by atoms with van der Waals surface area (Å²) in [6.45, 7) is 0.335. The Morgan fingerprint density at radius 2 is 2.42 bits per heavy atom. The lowest BCUT2D eigenvalue weighted by Gasteiger charge is -1.98. The minimum Gasteiger partial charge on any atom is -0.345 e. The molecule has 0 atom stereocenters. The van der Waals surface area contributed by atoms with Crippen molar-refractivity contribution in [3.8, 4) is 5.00 Å². The van der Waals surface area contributed by atoms with Crippen molar-refractivity contribution in [2.24, 2.45) is 0 Å². The van der Waals surface area contributed by atoms with Crippen LogP contribution in [-0.2, 0) is 6.54 Å². The summed E-state index contributed by atoms with van der Waals surface area (Å²) in [6.07, 6.45) is 1.80. The lowest BCUT2D eigenvalue weighted by atomic mass is 10.4. The van der Waals surface area contributed by atoms with Gasteiger partial charge in [0.2, 0.25) is 0 Å². The molecule has 0 bridgehead atoms. The van der Waals surface area contributed by atoms with E-state index in [1.165, 1.54) is 11.3 Å². The van der Waals surface area contributed by atoms with Gasteiger partial charge < -0.3 is 5.32 Å². The number of nitrogens with zero attached hydrogens (tertiary/aromatic N) is 4. The molecule has 0 saturated carbocycles. The largest absolute Gasteiger partial charge is 0.345 e. The Labute approximate surface area is 116 Å². The molecular weight excluding hydrogens is 282 g/mol. The Kier molecular flexibility index (Phi) is 3.34. The smallest absolute Gasteiger partial charge is 0.271 e. The van der Waals surface area contributed by atoms with E-state index in [0.717, 1.165) is 5.00 Å². The highest BCUT2D eigenvalue weighted by Gasteiger charge is 2.09. The minimum absolute atomic E-state index is 0.202. The highest BCUT2D eigenvalue weighted by atomic mass is 32.1. The van der Waals surface area contributed by atoms with E-state index in [4.69, 9.17) is 0 Å². The predicted octanol–water partition coefficient (Wildman–Crippen LogP) is 1.72. The summed E-state index contributed by atoms with van der Waals surface area (Å²) in [6, 6.07) is 3.91. The Balaban J connectivity index is 1.63. The maximum Gasteiger partial charge on any atom is 0.271 e. The minimum atomic E-state index is -0.202. The van der Waals surface area contributed by atoms with Gasteiger partial charge in [-0.3, -0.25) is 4.79 Å². The topological polar surface area (TPSA) is 72.7 Å². The third kappa shape index (κ3) is 2.69. The normalized spacial score (nSPS) is 10.5. The third-order valence-electron chi connectivity index (χ3n) is 2.37. The summed E-state index contributed by atoms with van der Waals surface area (Å²) < 4.78 is 1.69. The van der Waals surface area contributed by atoms with Crippen LogP contribution in [0.4, 0.5) is 0 Å². The second-order valence-electron chi connectivity index (χ2n) is 3.66. The van der Waals surface area contributed by atoms with Gasteiger partial charge in [-0.25, -0.2) is 9.67 Å². The first-order valence-corrected chi connectivity index (χ1v) is 7.26. The van der Waals surface area contributed by atoms with Crippen molar-refractivity contribution in [1.29, 1.82) is 0 Å². The molecule has 0 unspecified atom stereocenters. The van der Waals surface area contributed by atoms with Crippen molar-refractivity contribution in [2.75, 3.05) is 0 Å². The molecule has 96 valence electrons. The van der Waals surface area contributed by atoms with Crippen LogP contribution >= 0.6 is 22.7 Å². The van der Waals surface area contributed by atoms with Gasteiger partial charge >= 0.3 is 0 Å². The van der Waals surface area contributed by atoms with E-state index in [-0.39, 0.29) is 5.91 Å². The first-order chi connectivity index (χ1) is 9.33. The Morgan fingerprint density at radius 1 is 1.47 bits per heavy atom. The number of amides is 1. The Hall–Kier alpha value is -2.06. The summed E-state index contributed by atoms with van der Waals surface area (Å²) in [5.74, 6) is -0.202. The van der Waals surface area contributed by atoms with Crippen LogP contribution in [0.5, 0.6) is 0 Å². The molecule has 19 heavy (non-hydrogen) atoms. The zero-order chi connectivity index (χ0) is 13.1. The van der Waals surface area contributed by atoms with Gasteiger partial charge in [-0.2, -0.15) is 0 Å². The molecule has 3 heterocycles. The average molecular weight is 291 g/mol. The molecule has 8 heteroatoms. The van der Waals surface area contributed by atoms with Gasteiger partial charge in [0.15, 0.2) is 0 Å². The van der Waals surface area contributed by atoms with Crippen molar-refractivity contribution in [3.05, 3.63) is 46.0 Å². The van der Waals surface area contributed by atoms with Crippen LogP contribution in [0, 0.1) is 0 Å². The molecule has 3 aromatic heterocycles. The summed E-state index contributed by atoms with van der Waals surface area (Å²) in [5, 5.41) is 15.4. The van der Waals surface area contributed by atoms with Crippen LogP contribution in [-0.4, -0.2) is 25.9 Å². The number of carbonyl (C=O) groups is 1. The average Bonchev–Trinajstić information content (AvgIpc) is 3.14. The van der Waals surface area contributed by atoms with E-state index in [9.17, 15) is 4.79 Å². The van der Waals surface area contributed by atoms with Crippen LogP contribution in [0.2, 0.25) is 0 Å². The number of thiophene rings is 1. The lowest BCUT2D eigenvalue weighted by Crippen LogP contribution is -2.23. The molecule has 0 fully saturated rings. The highest BCUT2D eigenvalue weighted by molar-refractivity contribution is 7.12. The van der Waals surface area contributed by atoms with Gasteiger partial charge in [-0.05, 0) is 17.5 Å². The SMILES string of the molecule is O=C(NCc1cn(-c2cccs2)nn1)c1cscn1. The van der Waals surface area contributed by atoms with Gasteiger partial charge in [0.05, 0.1) is 18.3 Å². The summed E-state index contributed by atoms with van der Waals surface area (Å²) in [5.41, 5.74) is 2.76. The predicted molar refractivity (Wildman–Crippen MR) is 72.5 cm³/mol. The lowest BCUT2D eigenvalue weighted by molar-refractivity contribution is 0.0946. The monoisotopic (exact) mass is 291 g/mol. The van der Waals surface area contributed by atoms with Gasteiger partial charge in [-0.15, -0.1) is 27.8 Å². The van der Waals surface area contributed by atoms with Crippen LogP contribution in [0.15, 0.2) is 34.6 Å². The number of carbonyl (C=O) groups excluding carboxylic acids is 1. The zero-order valence-electron chi connectivity index (χ0n) is 9.68. The molecule has 0 saturated heterocycles.